The summed E-state index contributed by atoms with van der Waals surface area (Å²) in [5.41, 5.74) is 1.46. The predicted molar refractivity (Wildman–Crippen MR) is 48.5 cm³/mol. The molecule has 1 aromatic carbocycles. The molecule has 0 amide bonds. The van der Waals surface area contributed by atoms with Gasteiger partial charge in [0.1, 0.15) is 0 Å². The molecule has 1 aliphatic heterocycles. The minimum Gasteiger partial charge on any atom is -0.0868 e. The normalized spacial score (nSPS) is 17.2. The van der Waals surface area contributed by atoms with Gasteiger partial charge in [-0.3, -0.25) is 0 Å². The molecule has 0 aromatic heterocycles. The van der Waals surface area contributed by atoms with Crippen LogP contribution in [0.4, 0.5) is 0 Å². The molecule has 0 unspecified atom stereocenters. The van der Waals surface area contributed by atoms with Crippen LogP contribution in [0.2, 0.25) is 6.04 Å². The van der Waals surface area contributed by atoms with Crippen LogP contribution < -0.4 is 5.19 Å². The minimum absolute atomic E-state index is 0.0700. The Labute approximate surface area is 63.4 Å². The lowest BCUT2D eigenvalue weighted by atomic mass is 10.2. The first kappa shape index (κ1) is 5.92. The Morgan fingerprint density at radius 1 is 1.20 bits per heavy atom. The van der Waals surface area contributed by atoms with E-state index in [-0.39, 0.29) is 9.52 Å². The van der Waals surface area contributed by atoms with Gasteiger partial charge < -0.3 is 0 Å². The summed E-state index contributed by atoms with van der Waals surface area (Å²) < 4.78 is 0. The summed E-state index contributed by atoms with van der Waals surface area (Å²) >= 11 is 0. The molecule has 1 aromatic rings. The molecular weight excluding hydrogens is 136 g/mol. The zero-order valence-electron chi connectivity index (χ0n) is 5.88. The number of fused-ring (bicyclic) bond motifs is 1. The summed E-state index contributed by atoms with van der Waals surface area (Å²) in [7, 11) is 0.0700. The van der Waals surface area contributed by atoms with E-state index in [2.05, 4.69) is 36.4 Å². The lowest BCUT2D eigenvalue weighted by Crippen LogP contribution is -2.18. The second-order valence-corrected chi connectivity index (χ2v) is 4.48. The van der Waals surface area contributed by atoms with Gasteiger partial charge in [-0.15, -0.1) is 0 Å². The van der Waals surface area contributed by atoms with Gasteiger partial charge in [-0.1, -0.05) is 41.6 Å². The van der Waals surface area contributed by atoms with Gasteiger partial charge >= 0.3 is 0 Å². The fourth-order valence-corrected chi connectivity index (χ4v) is 2.85. The van der Waals surface area contributed by atoms with Crippen molar-refractivity contribution in [3.63, 3.8) is 0 Å². The second-order valence-electron chi connectivity index (χ2n) is 2.64. The maximum Gasteiger partial charge on any atom is 0.0592 e. The lowest BCUT2D eigenvalue weighted by Gasteiger charge is -2.07. The molecule has 0 atom stereocenters. The average molecular weight is 146 g/mol. The third kappa shape index (κ3) is 0.928. The zero-order chi connectivity index (χ0) is 6.81. The maximum atomic E-state index is 2.30. The van der Waals surface area contributed by atoms with Crippen molar-refractivity contribution in [1.29, 1.82) is 0 Å². The molecule has 0 aliphatic carbocycles. The van der Waals surface area contributed by atoms with Crippen molar-refractivity contribution < 1.29 is 0 Å². The fourth-order valence-electron chi connectivity index (χ4n) is 1.37. The van der Waals surface area contributed by atoms with Crippen LogP contribution in [0.25, 0.3) is 6.08 Å². The molecule has 0 nitrogen and oxygen atoms in total. The van der Waals surface area contributed by atoms with E-state index in [0.717, 1.165) is 0 Å². The van der Waals surface area contributed by atoms with Gasteiger partial charge in [0.05, 0.1) is 9.52 Å². The summed E-state index contributed by atoms with van der Waals surface area (Å²) in [5.74, 6) is 0. The quantitative estimate of drug-likeness (QED) is 0.478. The van der Waals surface area contributed by atoms with Gasteiger partial charge in [0, 0.05) is 0 Å². The highest BCUT2D eigenvalue weighted by Gasteiger charge is 2.00. The van der Waals surface area contributed by atoms with Crippen LogP contribution in [0.5, 0.6) is 0 Å². The third-order valence-corrected chi connectivity index (χ3v) is 3.74. The molecule has 0 saturated heterocycles. The Morgan fingerprint density at radius 2 is 2.10 bits per heavy atom. The van der Waals surface area contributed by atoms with Crippen molar-refractivity contribution in [2.24, 2.45) is 0 Å². The first-order valence-corrected chi connectivity index (χ1v) is 5.42. The molecule has 0 saturated carbocycles. The van der Waals surface area contributed by atoms with Gasteiger partial charge in [0.2, 0.25) is 0 Å². The van der Waals surface area contributed by atoms with E-state index >= 15 is 0 Å². The predicted octanol–water partition coefficient (Wildman–Crippen LogP) is 0.926. The fraction of sp³-hybridized carbons (Fsp3) is 0.111. The number of hydrogen-bond acceptors (Lipinski definition) is 0. The van der Waals surface area contributed by atoms with Crippen molar-refractivity contribution in [2.75, 3.05) is 0 Å². The number of rotatable bonds is 0. The lowest BCUT2D eigenvalue weighted by molar-refractivity contribution is 1.62. The van der Waals surface area contributed by atoms with Crippen molar-refractivity contribution in [1.82, 2.24) is 0 Å². The molecule has 0 radical (unpaired) electrons. The van der Waals surface area contributed by atoms with Gasteiger partial charge in [-0.25, -0.2) is 0 Å². The largest absolute Gasteiger partial charge is 0.0868 e. The van der Waals surface area contributed by atoms with Crippen LogP contribution in [-0.4, -0.2) is 9.52 Å². The molecule has 10 heavy (non-hydrogen) atoms. The molecule has 1 heterocycles. The number of benzene rings is 1. The maximum absolute atomic E-state index is 2.30. The highest BCUT2D eigenvalue weighted by molar-refractivity contribution is 6.55. The number of hydrogen-bond donors (Lipinski definition) is 0. The van der Waals surface area contributed by atoms with Crippen LogP contribution in [-0.2, 0) is 0 Å². The SMILES string of the molecule is C1=Cc2ccccc2[SiH2]C1. The highest BCUT2D eigenvalue weighted by atomic mass is 28.2. The minimum atomic E-state index is 0.0700. The Bertz CT molecular complexity index is 263. The third-order valence-electron chi connectivity index (χ3n) is 1.93. The van der Waals surface area contributed by atoms with Crippen molar-refractivity contribution in [2.45, 2.75) is 6.04 Å². The summed E-state index contributed by atoms with van der Waals surface area (Å²) in [6.07, 6.45) is 4.54. The van der Waals surface area contributed by atoms with Gasteiger partial charge in [-0.2, -0.15) is 0 Å². The van der Waals surface area contributed by atoms with Crippen molar-refractivity contribution >= 4 is 20.8 Å². The van der Waals surface area contributed by atoms with Crippen molar-refractivity contribution in [3.8, 4) is 0 Å². The molecule has 1 heteroatoms. The van der Waals surface area contributed by atoms with E-state index in [1.54, 1.807) is 5.19 Å². The van der Waals surface area contributed by atoms with E-state index in [9.17, 15) is 0 Å². The summed E-state index contributed by atoms with van der Waals surface area (Å²) in [6, 6.07) is 10.1. The van der Waals surface area contributed by atoms with E-state index in [1.807, 2.05) is 0 Å². The molecule has 0 fully saturated rings. The van der Waals surface area contributed by atoms with Crippen molar-refractivity contribution in [3.05, 3.63) is 35.9 Å². The Morgan fingerprint density at radius 3 is 3.00 bits per heavy atom. The molecule has 50 valence electrons. The van der Waals surface area contributed by atoms with Crippen LogP contribution in [0, 0.1) is 0 Å². The molecular formula is C9H10Si. The topological polar surface area (TPSA) is 0 Å². The average Bonchev–Trinajstić information content (AvgIpc) is 2.05. The summed E-state index contributed by atoms with van der Waals surface area (Å²) in [6.45, 7) is 0. The second kappa shape index (κ2) is 2.43. The van der Waals surface area contributed by atoms with Crippen LogP contribution in [0.3, 0.4) is 0 Å². The molecule has 0 N–H and O–H groups in total. The first-order chi connectivity index (χ1) is 4.97. The van der Waals surface area contributed by atoms with E-state index < -0.39 is 0 Å². The molecule has 1 aliphatic rings. The Balaban J connectivity index is 2.54. The van der Waals surface area contributed by atoms with E-state index in [4.69, 9.17) is 0 Å². The van der Waals surface area contributed by atoms with Gasteiger partial charge in [-0.05, 0) is 11.6 Å². The highest BCUT2D eigenvalue weighted by Crippen LogP contribution is 2.04. The summed E-state index contributed by atoms with van der Waals surface area (Å²) in [4.78, 5) is 0. The van der Waals surface area contributed by atoms with Gasteiger partial charge in [0.25, 0.3) is 0 Å². The Kier molecular flexibility index (Phi) is 1.44. The van der Waals surface area contributed by atoms with Crippen LogP contribution in [0.15, 0.2) is 30.3 Å². The van der Waals surface area contributed by atoms with E-state index in [1.165, 1.54) is 11.6 Å². The summed E-state index contributed by atoms with van der Waals surface area (Å²) in [5, 5.41) is 1.63. The molecule has 0 spiro atoms. The smallest absolute Gasteiger partial charge is 0.0592 e. The first-order valence-electron chi connectivity index (χ1n) is 3.71. The molecule has 2 rings (SSSR count). The van der Waals surface area contributed by atoms with Crippen LogP contribution >= 0.6 is 0 Å². The van der Waals surface area contributed by atoms with Gasteiger partial charge in [0.15, 0.2) is 0 Å². The van der Waals surface area contributed by atoms with E-state index in [0.29, 0.717) is 0 Å². The number of allylic oxidation sites excluding steroid dienone is 1. The molecule has 0 bridgehead atoms. The Hall–Kier alpha value is -0.823. The van der Waals surface area contributed by atoms with Crippen LogP contribution in [0.1, 0.15) is 5.56 Å². The standard InChI is InChI=1S/C9H10Si/c1-2-6-9-8(4-1)5-3-7-10-9/h1-6H,7,10H2. The zero-order valence-corrected chi connectivity index (χ0v) is 7.29. The monoisotopic (exact) mass is 146 g/mol.